The number of imidazole rings is 1. The quantitative estimate of drug-likeness (QED) is 0.180. The number of aromatic nitrogens is 4. The minimum Gasteiger partial charge on any atom is -0.293 e. The van der Waals surface area contributed by atoms with Crippen molar-refractivity contribution in [1.82, 2.24) is 18.9 Å². The molecule has 11 aromatic rings. The number of hydrogen-bond donors (Lipinski definition) is 0. The van der Waals surface area contributed by atoms with Crippen molar-refractivity contribution in [2.75, 3.05) is 0 Å². The van der Waals surface area contributed by atoms with Gasteiger partial charge in [-0.1, -0.05) is 158 Å². The summed E-state index contributed by atoms with van der Waals surface area (Å²) in [6.45, 7) is 0. The summed E-state index contributed by atoms with van der Waals surface area (Å²) in [4.78, 5) is 10.7. The van der Waals surface area contributed by atoms with Gasteiger partial charge in [-0.15, -0.1) is 0 Å². The Balaban J connectivity index is 1.18. The van der Waals surface area contributed by atoms with Crippen molar-refractivity contribution in [2.24, 2.45) is 0 Å². The van der Waals surface area contributed by atoms with E-state index in [0.29, 0.717) is 5.82 Å². The molecule has 0 unspecified atom stereocenters. The van der Waals surface area contributed by atoms with Crippen molar-refractivity contribution < 1.29 is 0 Å². The second-order valence-corrected chi connectivity index (χ2v) is 13.8. The molecular formula is C50H32N4. The number of nitrogens with zero attached hydrogens (tertiary/aromatic N) is 4. The molecule has 0 saturated carbocycles. The summed E-state index contributed by atoms with van der Waals surface area (Å²) in [5.41, 5.74) is 13.0. The molecule has 0 aliphatic rings. The molecule has 252 valence electrons. The highest BCUT2D eigenvalue weighted by Gasteiger charge is 2.22. The van der Waals surface area contributed by atoms with E-state index in [1.54, 1.807) is 0 Å². The van der Waals surface area contributed by atoms with Gasteiger partial charge in [0.15, 0.2) is 5.82 Å². The van der Waals surface area contributed by atoms with Crippen LogP contribution < -0.4 is 0 Å². The molecule has 3 heterocycles. The lowest BCUT2D eigenvalue weighted by Crippen LogP contribution is -1.99. The molecule has 0 aliphatic heterocycles. The molecule has 0 radical (unpaired) electrons. The van der Waals surface area contributed by atoms with E-state index in [-0.39, 0.29) is 0 Å². The Morgan fingerprint density at radius 1 is 0.370 bits per heavy atom. The zero-order valence-corrected chi connectivity index (χ0v) is 29.3. The maximum atomic E-state index is 5.35. The number of fused-ring (bicyclic) bond motifs is 7. The van der Waals surface area contributed by atoms with Gasteiger partial charge in [0, 0.05) is 33.3 Å². The van der Waals surface area contributed by atoms with Crippen LogP contribution in [0.4, 0.5) is 0 Å². The summed E-state index contributed by atoms with van der Waals surface area (Å²) in [5, 5.41) is 5.86. The normalized spacial score (nSPS) is 11.7. The van der Waals surface area contributed by atoms with Gasteiger partial charge < -0.3 is 0 Å². The average Bonchev–Trinajstić information content (AvgIpc) is 3.76. The van der Waals surface area contributed by atoms with Crippen molar-refractivity contribution in [3.05, 3.63) is 194 Å². The predicted octanol–water partition coefficient (Wildman–Crippen LogP) is 12.8. The van der Waals surface area contributed by atoms with Gasteiger partial charge in [-0.25, -0.2) is 9.97 Å². The maximum Gasteiger partial charge on any atom is 0.161 e. The molecule has 8 aromatic carbocycles. The van der Waals surface area contributed by atoms with E-state index in [1.807, 2.05) is 0 Å². The first-order valence-electron chi connectivity index (χ1n) is 18.3. The lowest BCUT2D eigenvalue weighted by molar-refractivity contribution is 1.14. The van der Waals surface area contributed by atoms with Crippen molar-refractivity contribution in [1.29, 1.82) is 0 Å². The number of para-hydroxylation sites is 3. The minimum absolute atomic E-state index is 0.704. The van der Waals surface area contributed by atoms with Gasteiger partial charge in [0.1, 0.15) is 5.65 Å². The first kappa shape index (κ1) is 30.3. The van der Waals surface area contributed by atoms with Crippen LogP contribution in [0.1, 0.15) is 0 Å². The van der Waals surface area contributed by atoms with Crippen LogP contribution in [0.3, 0.4) is 0 Å². The van der Waals surface area contributed by atoms with Crippen molar-refractivity contribution >= 4 is 49.1 Å². The van der Waals surface area contributed by atoms with E-state index >= 15 is 0 Å². The Bertz CT molecular complexity index is 3120. The van der Waals surface area contributed by atoms with E-state index in [2.05, 4.69) is 203 Å². The third kappa shape index (κ3) is 4.70. The third-order valence-corrected chi connectivity index (χ3v) is 10.7. The van der Waals surface area contributed by atoms with Crippen LogP contribution in [0.15, 0.2) is 194 Å². The second kappa shape index (κ2) is 12.1. The van der Waals surface area contributed by atoms with Gasteiger partial charge in [-0.05, 0) is 63.5 Å². The predicted molar refractivity (Wildman–Crippen MR) is 224 cm³/mol. The van der Waals surface area contributed by atoms with Crippen molar-refractivity contribution in [3.63, 3.8) is 0 Å². The average molecular weight is 689 g/mol. The molecule has 4 heteroatoms. The lowest BCUT2D eigenvalue weighted by Gasteiger charge is -2.14. The molecule has 0 fully saturated rings. The molecule has 0 amide bonds. The zero-order chi connectivity index (χ0) is 35.6. The molecular weight excluding hydrogens is 657 g/mol. The molecule has 11 rings (SSSR count). The number of benzene rings is 8. The SMILES string of the molecule is c1ccc(-c2c3ccccc3n3c4ccccc4n(-c4cccc(-c5cc(-c6cccc7ccccc67)nc(-c6cccc7ccccc67)n5)c4)c23)cc1. The highest BCUT2D eigenvalue weighted by atomic mass is 15.1. The standard InChI is InChI=1S/C50H32N4/c1-2-17-35(18-3-1)48-42-25-8-9-28-45(42)54-47-30-11-10-29-46(47)53(50(48)54)37-22-12-21-36(31-37)43-32-44(40-26-13-19-33-15-4-6-23-38(33)40)52-49(51-43)41-27-14-20-34-16-5-7-24-39(34)41/h1-32H. The molecule has 0 bridgehead atoms. The van der Waals surface area contributed by atoms with E-state index < -0.39 is 0 Å². The van der Waals surface area contributed by atoms with Crippen molar-refractivity contribution in [3.8, 4) is 50.7 Å². The van der Waals surface area contributed by atoms with Crippen LogP contribution in [-0.4, -0.2) is 18.9 Å². The topological polar surface area (TPSA) is 35.1 Å². The number of rotatable bonds is 5. The molecule has 54 heavy (non-hydrogen) atoms. The molecule has 0 atom stereocenters. The molecule has 4 nitrogen and oxygen atoms in total. The molecule has 0 aliphatic carbocycles. The zero-order valence-electron chi connectivity index (χ0n) is 29.3. The Morgan fingerprint density at radius 3 is 1.70 bits per heavy atom. The van der Waals surface area contributed by atoms with Gasteiger partial charge in [-0.3, -0.25) is 8.97 Å². The Hall–Kier alpha value is -7.30. The van der Waals surface area contributed by atoms with Gasteiger partial charge in [-0.2, -0.15) is 0 Å². The second-order valence-electron chi connectivity index (χ2n) is 13.8. The van der Waals surface area contributed by atoms with Gasteiger partial charge >= 0.3 is 0 Å². The maximum absolute atomic E-state index is 5.35. The van der Waals surface area contributed by atoms with Crippen LogP contribution in [0.25, 0.3) is 99.8 Å². The van der Waals surface area contributed by atoms with Crippen LogP contribution >= 0.6 is 0 Å². The highest BCUT2D eigenvalue weighted by molar-refractivity contribution is 6.09. The van der Waals surface area contributed by atoms with Crippen LogP contribution in [0, 0.1) is 0 Å². The Morgan fingerprint density at radius 2 is 0.926 bits per heavy atom. The first-order valence-corrected chi connectivity index (χ1v) is 18.3. The summed E-state index contributed by atoms with van der Waals surface area (Å²) in [6, 6.07) is 69.0. The van der Waals surface area contributed by atoms with Gasteiger partial charge in [0.2, 0.25) is 0 Å². The van der Waals surface area contributed by atoms with E-state index in [0.717, 1.165) is 66.6 Å². The monoisotopic (exact) mass is 688 g/mol. The van der Waals surface area contributed by atoms with Gasteiger partial charge in [0.25, 0.3) is 0 Å². The van der Waals surface area contributed by atoms with Crippen LogP contribution in [0.5, 0.6) is 0 Å². The minimum atomic E-state index is 0.704. The lowest BCUT2D eigenvalue weighted by atomic mass is 9.99. The summed E-state index contributed by atoms with van der Waals surface area (Å²) in [6.07, 6.45) is 0. The van der Waals surface area contributed by atoms with Gasteiger partial charge in [0.05, 0.1) is 27.9 Å². The van der Waals surface area contributed by atoms with Crippen LogP contribution in [0.2, 0.25) is 0 Å². The van der Waals surface area contributed by atoms with E-state index in [4.69, 9.17) is 9.97 Å². The van der Waals surface area contributed by atoms with Crippen LogP contribution in [-0.2, 0) is 0 Å². The van der Waals surface area contributed by atoms with Crippen molar-refractivity contribution in [2.45, 2.75) is 0 Å². The summed E-state index contributed by atoms with van der Waals surface area (Å²) in [5.74, 6) is 0.704. The smallest absolute Gasteiger partial charge is 0.161 e. The Labute approximate surface area is 311 Å². The number of hydrogen-bond acceptors (Lipinski definition) is 2. The van der Waals surface area contributed by atoms with E-state index in [1.165, 1.54) is 27.4 Å². The molecule has 0 spiro atoms. The fourth-order valence-corrected chi connectivity index (χ4v) is 8.32. The molecule has 0 N–H and O–H groups in total. The fraction of sp³-hybridized carbons (Fsp3) is 0. The molecule has 0 saturated heterocycles. The third-order valence-electron chi connectivity index (χ3n) is 10.7. The highest BCUT2D eigenvalue weighted by Crippen LogP contribution is 2.41. The van der Waals surface area contributed by atoms with E-state index in [9.17, 15) is 0 Å². The molecule has 3 aromatic heterocycles. The summed E-state index contributed by atoms with van der Waals surface area (Å²) in [7, 11) is 0. The largest absolute Gasteiger partial charge is 0.293 e. The summed E-state index contributed by atoms with van der Waals surface area (Å²) < 4.78 is 4.83. The Kier molecular flexibility index (Phi) is 6.82. The first-order chi connectivity index (χ1) is 26.8. The fourth-order valence-electron chi connectivity index (χ4n) is 8.32. The summed E-state index contributed by atoms with van der Waals surface area (Å²) >= 11 is 0.